The van der Waals surface area contributed by atoms with Gasteiger partial charge in [0.05, 0.1) is 18.9 Å². The second-order valence-electron chi connectivity index (χ2n) is 4.67. The molecule has 0 saturated carbocycles. The Labute approximate surface area is 119 Å². The van der Waals surface area contributed by atoms with Crippen LogP contribution in [0.5, 0.6) is 0 Å². The van der Waals surface area contributed by atoms with E-state index in [9.17, 15) is 4.79 Å². The van der Waals surface area contributed by atoms with Gasteiger partial charge in [0.25, 0.3) is 0 Å². The normalized spacial score (nSPS) is 19.1. The van der Waals surface area contributed by atoms with Crippen molar-refractivity contribution in [3.63, 3.8) is 0 Å². The van der Waals surface area contributed by atoms with Gasteiger partial charge in [-0.15, -0.1) is 11.3 Å². The van der Waals surface area contributed by atoms with Crippen LogP contribution < -0.4 is 10.6 Å². The lowest BCUT2D eigenvalue weighted by molar-refractivity contribution is -0.124. The molecule has 2 aromatic heterocycles. The zero-order chi connectivity index (χ0) is 13.9. The molecule has 1 unspecified atom stereocenters. The van der Waals surface area contributed by atoms with Gasteiger partial charge in [-0.3, -0.25) is 4.79 Å². The van der Waals surface area contributed by atoms with Gasteiger partial charge in [-0.1, -0.05) is 5.16 Å². The number of thiazole rings is 1. The van der Waals surface area contributed by atoms with E-state index in [-0.39, 0.29) is 11.9 Å². The maximum Gasteiger partial charge on any atom is 0.237 e. The number of amides is 1. The number of aromatic nitrogens is 3. The molecule has 1 atom stereocenters. The van der Waals surface area contributed by atoms with Gasteiger partial charge in [-0.2, -0.15) is 4.98 Å². The zero-order valence-corrected chi connectivity index (χ0v) is 11.9. The Morgan fingerprint density at radius 3 is 3.10 bits per heavy atom. The van der Waals surface area contributed by atoms with Gasteiger partial charge in [0.1, 0.15) is 5.01 Å². The molecule has 7 nitrogen and oxygen atoms in total. The van der Waals surface area contributed by atoms with Gasteiger partial charge in [-0.05, 0) is 6.92 Å². The summed E-state index contributed by atoms with van der Waals surface area (Å²) in [5.41, 5.74) is 0.997. The summed E-state index contributed by atoms with van der Waals surface area (Å²) < 4.78 is 5.19. The van der Waals surface area contributed by atoms with E-state index in [4.69, 9.17) is 4.52 Å². The molecule has 3 heterocycles. The van der Waals surface area contributed by atoms with Crippen molar-refractivity contribution in [3.8, 4) is 0 Å². The molecule has 2 N–H and O–H groups in total. The summed E-state index contributed by atoms with van der Waals surface area (Å²) in [6.45, 7) is 3.37. The summed E-state index contributed by atoms with van der Waals surface area (Å²) >= 11 is 1.58. The number of nitrogens with zero attached hydrogens (tertiary/aromatic N) is 3. The summed E-state index contributed by atoms with van der Waals surface area (Å²) in [5, 5.41) is 12.8. The van der Waals surface area contributed by atoms with Crippen LogP contribution in [0.2, 0.25) is 0 Å². The highest BCUT2D eigenvalue weighted by Crippen LogP contribution is 2.13. The minimum Gasteiger partial charge on any atom is -0.353 e. The van der Waals surface area contributed by atoms with Crippen molar-refractivity contribution in [3.05, 3.63) is 27.8 Å². The maximum atomic E-state index is 11.6. The predicted molar refractivity (Wildman–Crippen MR) is 72.5 cm³/mol. The van der Waals surface area contributed by atoms with Crippen molar-refractivity contribution in [2.45, 2.75) is 25.8 Å². The molecule has 2 aromatic rings. The van der Waals surface area contributed by atoms with Crippen molar-refractivity contribution in [1.82, 2.24) is 25.8 Å². The molecule has 106 valence electrons. The Balaban J connectivity index is 1.63. The van der Waals surface area contributed by atoms with Crippen LogP contribution in [0.1, 0.15) is 22.4 Å². The van der Waals surface area contributed by atoms with E-state index in [1.807, 2.05) is 12.3 Å². The molecule has 1 aliphatic rings. The van der Waals surface area contributed by atoms with E-state index >= 15 is 0 Å². The van der Waals surface area contributed by atoms with Crippen molar-refractivity contribution >= 4 is 17.2 Å². The van der Waals surface area contributed by atoms with Crippen LogP contribution in [-0.4, -0.2) is 40.2 Å². The number of carbonyl (C=O) groups is 1. The number of piperazine rings is 1. The monoisotopic (exact) mass is 293 g/mol. The Hall–Kier alpha value is -1.80. The predicted octanol–water partition coefficient (Wildman–Crippen LogP) is 0.0558. The highest BCUT2D eigenvalue weighted by molar-refractivity contribution is 7.09. The molecule has 0 aliphatic carbocycles. The highest BCUT2D eigenvalue weighted by Gasteiger charge is 2.24. The number of hydrogen-bond donors (Lipinski definition) is 2. The topological polar surface area (TPSA) is 92.9 Å². The van der Waals surface area contributed by atoms with E-state index in [1.165, 1.54) is 0 Å². The molecule has 1 fully saturated rings. The number of nitrogens with one attached hydrogen (secondary N) is 2. The molecule has 1 amide bonds. The second kappa shape index (κ2) is 5.68. The Morgan fingerprint density at radius 1 is 1.45 bits per heavy atom. The molecule has 0 aromatic carbocycles. The van der Waals surface area contributed by atoms with Crippen LogP contribution >= 0.6 is 11.3 Å². The SMILES string of the molecule is Cc1csc(Cc2noc(CC3NCCNC3=O)n2)n1. The molecule has 0 bridgehead atoms. The average Bonchev–Trinajstić information content (AvgIpc) is 3.02. The van der Waals surface area contributed by atoms with Gasteiger partial charge in [0.15, 0.2) is 5.82 Å². The highest BCUT2D eigenvalue weighted by atomic mass is 32.1. The van der Waals surface area contributed by atoms with E-state index in [1.54, 1.807) is 11.3 Å². The van der Waals surface area contributed by atoms with Crippen LogP contribution in [0.15, 0.2) is 9.90 Å². The van der Waals surface area contributed by atoms with Crippen LogP contribution in [0.4, 0.5) is 0 Å². The fraction of sp³-hybridized carbons (Fsp3) is 0.500. The largest absolute Gasteiger partial charge is 0.353 e. The van der Waals surface area contributed by atoms with Crippen LogP contribution in [0, 0.1) is 6.92 Å². The van der Waals surface area contributed by atoms with Crippen molar-refractivity contribution in [1.29, 1.82) is 0 Å². The summed E-state index contributed by atoms with van der Waals surface area (Å²) in [6, 6.07) is -0.292. The van der Waals surface area contributed by atoms with E-state index in [2.05, 4.69) is 25.8 Å². The lowest BCUT2D eigenvalue weighted by Gasteiger charge is -2.21. The quantitative estimate of drug-likeness (QED) is 0.828. The minimum absolute atomic E-state index is 0.0217. The molecule has 1 saturated heterocycles. The summed E-state index contributed by atoms with van der Waals surface area (Å²) in [5.74, 6) is 1.06. The van der Waals surface area contributed by atoms with E-state index < -0.39 is 0 Å². The fourth-order valence-corrected chi connectivity index (χ4v) is 2.82. The van der Waals surface area contributed by atoms with E-state index in [0.717, 1.165) is 17.2 Å². The molecule has 20 heavy (non-hydrogen) atoms. The maximum absolute atomic E-state index is 11.6. The Morgan fingerprint density at radius 2 is 2.35 bits per heavy atom. The lowest BCUT2D eigenvalue weighted by Crippen LogP contribution is -2.53. The van der Waals surface area contributed by atoms with Gasteiger partial charge in [-0.25, -0.2) is 4.98 Å². The first-order valence-corrected chi connectivity index (χ1v) is 7.32. The van der Waals surface area contributed by atoms with Gasteiger partial charge in [0.2, 0.25) is 11.8 Å². The first-order valence-electron chi connectivity index (χ1n) is 6.44. The van der Waals surface area contributed by atoms with Gasteiger partial charge >= 0.3 is 0 Å². The Bertz CT molecular complexity index is 609. The molecule has 0 spiro atoms. The number of rotatable bonds is 4. The smallest absolute Gasteiger partial charge is 0.237 e. The summed E-state index contributed by atoms with van der Waals surface area (Å²) in [6.07, 6.45) is 0.974. The number of aryl methyl sites for hydroxylation is 1. The third-order valence-electron chi connectivity index (χ3n) is 3.00. The van der Waals surface area contributed by atoms with Crippen LogP contribution in [-0.2, 0) is 17.6 Å². The van der Waals surface area contributed by atoms with Crippen molar-refractivity contribution in [2.75, 3.05) is 13.1 Å². The molecule has 1 aliphatic heterocycles. The van der Waals surface area contributed by atoms with Crippen molar-refractivity contribution in [2.24, 2.45) is 0 Å². The van der Waals surface area contributed by atoms with Crippen molar-refractivity contribution < 1.29 is 9.32 Å². The van der Waals surface area contributed by atoms with Crippen LogP contribution in [0.25, 0.3) is 0 Å². The first kappa shape index (κ1) is 13.2. The molecule has 8 heteroatoms. The molecular formula is C12H15N5O2S. The third-order valence-corrected chi connectivity index (χ3v) is 3.96. The van der Waals surface area contributed by atoms with Crippen LogP contribution in [0.3, 0.4) is 0 Å². The fourth-order valence-electron chi connectivity index (χ4n) is 2.05. The zero-order valence-electron chi connectivity index (χ0n) is 11.0. The molecular weight excluding hydrogens is 278 g/mol. The standard InChI is InChI=1S/C12H15N5O2S/c1-7-6-20-11(15-7)5-9-16-10(19-17-9)4-8-12(18)14-3-2-13-8/h6,8,13H,2-5H2,1H3,(H,14,18). The first-order chi connectivity index (χ1) is 9.70. The minimum atomic E-state index is -0.292. The third kappa shape index (κ3) is 3.02. The second-order valence-corrected chi connectivity index (χ2v) is 5.61. The van der Waals surface area contributed by atoms with Gasteiger partial charge < -0.3 is 15.2 Å². The number of carbonyl (C=O) groups excluding carboxylic acids is 1. The molecule has 0 radical (unpaired) electrons. The average molecular weight is 293 g/mol. The summed E-state index contributed by atoms with van der Waals surface area (Å²) in [7, 11) is 0. The lowest BCUT2D eigenvalue weighted by atomic mass is 10.1. The van der Waals surface area contributed by atoms with Gasteiger partial charge in [0, 0.05) is 24.2 Å². The summed E-state index contributed by atoms with van der Waals surface area (Å²) in [4.78, 5) is 20.3. The van der Waals surface area contributed by atoms with E-state index in [0.29, 0.717) is 31.1 Å². The molecule has 3 rings (SSSR count). The number of hydrogen-bond acceptors (Lipinski definition) is 7. The Kier molecular flexibility index (Phi) is 3.75.